The number of aryl methyl sites for hydroxylation is 2. The number of aromatic nitrogens is 2. The Morgan fingerprint density at radius 3 is 2.96 bits per heavy atom. The number of halogens is 1. The molecule has 2 aromatic heterocycles. The Bertz CT molecular complexity index is 928. The summed E-state index contributed by atoms with van der Waals surface area (Å²) >= 11 is 1.66. The lowest BCUT2D eigenvalue weighted by Gasteiger charge is -2.06. The fourth-order valence-corrected chi connectivity index (χ4v) is 4.52. The molecule has 0 atom stereocenters. The Balaban J connectivity index is 1.81. The Morgan fingerprint density at radius 1 is 1.22 bits per heavy atom. The summed E-state index contributed by atoms with van der Waals surface area (Å²) in [7, 11) is 0. The first-order valence-corrected chi connectivity index (χ1v) is 8.78. The van der Waals surface area contributed by atoms with Crippen molar-refractivity contribution in [2.45, 2.75) is 38.6 Å². The van der Waals surface area contributed by atoms with Crippen LogP contribution in [-0.2, 0) is 19.4 Å². The molecule has 0 fully saturated rings. The van der Waals surface area contributed by atoms with Gasteiger partial charge in [0.1, 0.15) is 10.6 Å². The van der Waals surface area contributed by atoms with E-state index in [9.17, 15) is 9.18 Å². The van der Waals surface area contributed by atoms with Crippen LogP contribution in [0.3, 0.4) is 0 Å². The van der Waals surface area contributed by atoms with E-state index in [1.54, 1.807) is 28.3 Å². The van der Waals surface area contributed by atoms with E-state index in [4.69, 9.17) is 0 Å². The molecule has 1 aliphatic rings. The molecule has 1 aliphatic carbocycles. The second-order valence-electron chi connectivity index (χ2n) is 6.05. The van der Waals surface area contributed by atoms with Crippen molar-refractivity contribution >= 4 is 21.6 Å². The van der Waals surface area contributed by atoms with Crippen LogP contribution in [0, 0.1) is 5.82 Å². The van der Waals surface area contributed by atoms with Gasteiger partial charge in [0.15, 0.2) is 0 Å². The van der Waals surface area contributed by atoms with Gasteiger partial charge < -0.3 is 0 Å². The topological polar surface area (TPSA) is 34.9 Å². The van der Waals surface area contributed by atoms with E-state index >= 15 is 0 Å². The number of nitrogens with zero attached hydrogens (tertiary/aromatic N) is 2. The van der Waals surface area contributed by atoms with Crippen molar-refractivity contribution in [3.05, 3.63) is 62.8 Å². The molecule has 0 spiro atoms. The highest BCUT2D eigenvalue weighted by atomic mass is 32.1. The Hall–Kier alpha value is -2.01. The van der Waals surface area contributed by atoms with E-state index in [0.717, 1.165) is 35.0 Å². The first-order valence-electron chi connectivity index (χ1n) is 7.96. The molecule has 23 heavy (non-hydrogen) atoms. The van der Waals surface area contributed by atoms with Crippen molar-refractivity contribution in [3.8, 4) is 0 Å². The highest BCUT2D eigenvalue weighted by Crippen LogP contribution is 2.32. The zero-order valence-corrected chi connectivity index (χ0v) is 13.5. The minimum absolute atomic E-state index is 0.00124. The summed E-state index contributed by atoms with van der Waals surface area (Å²) < 4.78 is 14.9. The summed E-state index contributed by atoms with van der Waals surface area (Å²) in [6.07, 6.45) is 7.16. The summed E-state index contributed by atoms with van der Waals surface area (Å²) in [4.78, 5) is 19.6. The molecule has 0 unspecified atom stereocenters. The highest BCUT2D eigenvalue weighted by Gasteiger charge is 2.19. The second-order valence-corrected chi connectivity index (χ2v) is 7.14. The average molecular weight is 328 g/mol. The van der Waals surface area contributed by atoms with Crippen LogP contribution in [0.25, 0.3) is 10.2 Å². The third-order valence-corrected chi connectivity index (χ3v) is 5.63. The lowest BCUT2D eigenvalue weighted by atomic mass is 10.1. The van der Waals surface area contributed by atoms with Crippen LogP contribution in [0.4, 0.5) is 4.39 Å². The first-order chi connectivity index (χ1) is 11.2. The maximum atomic E-state index is 13.3. The molecule has 0 saturated carbocycles. The number of benzene rings is 1. The summed E-state index contributed by atoms with van der Waals surface area (Å²) in [5, 5.41) is 0.783. The maximum Gasteiger partial charge on any atom is 0.262 e. The molecule has 0 aliphatic heterocycles. The lowest BCUT2D eigenvalue weighted by Crippen LogP contribution is -2.21. The summed E-state index contributed by atoms with van der Waals surface area (Å²) in [5.74, 6) is -0.283. The van der Waals surface area contributed by atoms with Crippen LogP contribution < -0.4 is 5.56 Å². The van der Waals surface area contributed by atoms with Gasteiger partial charge in [0.25, 0.3) is 5.56 Å². The Kier molecular flexibility index (Phi) is 3.73. The first kappa shape index (κ1) is 14.6. The van der Waals surface area contributed by atoms with E-state index in [0.29, 0.717) is 6.54 Å². The molecule has 3 nitrogen and oxygen atoms in total. The zero-order valence-electron chi connectivity index (χ0n) is 12.7. The molecule has 2 heterocycles. The number of hydrogen-bond acceptors (Lipinski definition) is 3. The van der Waals surface area contributed by atoms with E-state index in [2.05, 4.69) is 4.98 Å². The van der Waals surface area contributed by atoms with Crippen LogP contribution in [0.1, 0.15) is 35.3 Å². The van der Waals surface area contributed by atoms with Gasteiger partial charge in [-0.05, 0) is 48.9 Å². The van der Waals surface area contributed by atoms with Crippen LogP contribution >= 0.6 is 11.3 Å². The van der Waals surface area contributed by atoms with Gasteiger partial charge in [0.2, 0.25) is 0 Å². The molecule has 0 amide bonds. The minimum Gasteiger partial charge on any atom is -0.294 e. The lowest BCUT2D eigenvalue weighted by molar-refractivity contribution is 0.622. The quantitative estimate of drug-likeness (QED) is 0.669. The molecule has 0 N–H and O–H groups in total. The number of fused-ring (bicyclic) bond motifs is 3. The predicted molar refractivity (Wildman–Crippen MR) is 90.6 cm³/mol. The van der Waals surface area contributed by atoms with Crippen molar-refractivity contribution in [3.63, 3.8) is 0 Å². The highest BCUT2D eigenvalue weighted by molar-refractivity contribution is 7.18. The van der Waals surface area contributed by atoms with Gasteiger partial charge in [-0.3, -0.25) is 9.36 Å². The van der Waals surface area contributed by atoms with Gasteiger partial charge in [-0.25, -0.2) is 9.37 Å². The zero-order chi connectivity index (χ0) is 15.8. The molecule has 0 bridgehead atoms. The fourth-order valence-electron chi connectivity index (χ4n) is 3.30. The molecule has 0 saturated heterocycles. The monoisotopic (exact) mass is 328 g/mol. The molecule has 3 aromatic rings. The fraction of sp³-hybridized carbons (Fsp3) is 0.333. The van der Waals surface area contributed by atoms with Gasteiger partial charge >= 0.3 is 0 Å². The van der Waals surface area contributed by atoms with Crippen LogP contribution in [0.2, 0.25) is 0 Å². The third-order valence-electron chi connectivity index (χ3n) is 4.43. The Morgan fingerprint density at radius 2 is 2.09 bits per heavy atom. The van der Waals surface area contributed by atoms with Gasteiger partial charge in [0, 0.05) is 4.88 Å². The normalized spacial score (nSPS) is 14.7. The van der Waals surface area contributed by atoms with Gasteiger partial charge in [-0.2, -0.15) is 0 Å². The largest absolute Gasteiger partial charge is 0.294 e. The summed E-state index contributed by atoms with van der Waals surface area (Å²) in [6, 6.07) is 6.36. The summed E-state index contributed by atoms with van der Waals surface area (Å²) in [6.45, 7) is 0.351. The van der Waals surface area contributed by atoms with E-state index < -0.39 is 0 Å². The van der Waals surface area contributed by atoms with Gasteiger partial charge in [-0.1, -0.05) is 18.6 Å². The Labute approximate surface area is 137 Å². The molecule has 0 radical (unpaired) electrons. The van der Waals surface area contributed by atoms with Gasteiger partial charge in [-0.15, -0.1) is 11.3 Å². The third kappa shape index (κ3) is 2.70. The number of rotatable bonds is 2. The minimum atomic E-state index is -0.283. The van der Waals surface area contributed by atoms with Crippen LogP contribution in [-0.4, -0.2) is 9.55 Å². The van der Waals surface area contributed by atoms with Crippen molar-refractivity contribution in [1.29, 1.82) is 0 Å². The van der Waals surface area contributed by atoms with Crippen molar-refractivity contribution in [1.82, 2.24) is 9.55 Å². The van der Waals surface area contributed by atoms with Crippen LogP contribution in [0.15, 0.2) is 35.4 Å². The molecular weight excluding hydrogens is 311 g/mol. The SMILES string of the molecule is O=c1c2c3c(sc2ncn1Cc1cccc(F)c1)CCCCC3. The van der Waals surface area contributed by atoms with Crippen LogP contribution in [0.5, 0.6) is 0 Å². The van der Waals surface area contributed by atoms with Crippen molar-refractivity contribution in [2.75, 3.05) is 0 Å². The molecular formula is C18H17FN2OS. The van der Waals surface area contributed by atoms with Gasteiger partial charge in [0.05, 0.1) is 18.3 Å². The smallest absolute Gasteiger partial charge is 0.262 e. The number of hydrogen-bond donors (Lipinski definition) is 0. The molecule has 118 valence electrons. The number of thiophene rings is 1. The molecule has 1 aromatic carbocycles. The van der Waals surface area contributed by atoms with E-state index in [1.807, 2.05) is 6.07 Å². The predicted octanol–water partition coefficient (Wildman–Crippen LogP) is 3.91. The van der Waals surface area contributed by atoms with E-state index in [-0.39, 0.29) is 11.4 Å². The molecule has 5 heteroatoms. The standard InChI is InChI=1S/C18H17FN2OS/c19-13-6-4-5-12(9-13)10-21-11-20-17-16(18(21)22)14-7-2-1-3-8-15(14)23-17/h4-6,9,11H,1-3,7-8,10H2. The van der Waals surface area contributed by atoms with Crippen molar-refractivity contribution in [2.24, 2.45) is 0 Å². The van der Waals surface area contributed by atoms with E-state index in [1.165, 1.54) is 35.4 Å². The maximum absolute atomic E-state index is 13.3. The second kappa shape index (κ2) is 5.89. The average Bonchev–Trinajstić information content (AvgIpc) is 2.73. The molecule has 4 rings (SSSR count). The van der Waals surface area contributed by atoms with Crippen molar-refractivity contribution < 1.29 is 4.39 Å². The summed E-state index contributed by atoms with van der Waals surface area (Å²) in [5.41, 5.74) is 1.97.